The third-order valence-electron chi connectivity index (χ3n) is 3.29. The van der Waals surface area contributed by atoms with E-state index in [9.17, 15) is 9.90 Å². The topological polar surface area (TPSA) is 113 Å². The Morgan fingerprint density at radius 1 is 1.46 bits per heavy atom. The van der Waals surface area contributed by atoms with Crippen molar-refractivity contribution in [3.05, 3.63) is 54.2 Å². The fraction of sp³-hybridized carbons (Fsp3) is 0.235. The number of hydrogen-bond donors (Lipinski definition) is 4. The smallest absolute Gasteiger partial charge is 0.256 e. The molecule has 0 saturated carbocycles. The van der Waals surface area contributed by atoms with Crippen LogP contribution in [0.3, 0.4) is 0 Å². The van der Waals surface area contributed by atoms with Gasteiger partial charge in [0.05, 0.1) is 5.60 Å². The fourth-order valence-corrected chi connectivity index (χ4v) is 2.03. The zero-order valence-electron chi connectivity index (χ0n) is 13.7. The first-order valence-electron chi connectivity index (χ1n) is 7.43. The van der Waals surface area contributed by atoms with Crippen LogP contribution in [0.25, 0.3) is 0 Å². The molecule has 1 aromatic heterocycles. The zero-order chi connectivity index (χ0) is 17.7. The molecule has 0 aliphatic heterocycles. The molecule has 0 atom stereocenters. The van der Waals surface area contributed by atoms with Crippen molar-refractivity contribution in [2.24, 2.45) is 0 Å². The van der Waals surface area contributed by atoms with Crippen LogP contribution in [0.4, 0.5) is 17.5 Å². The molecule has 24 heavy (non-hydrogen) atoms. The van der Waals surface area contributed by atoms with Gasteiger partial charge in [-0.1, -0.05) is 18.2 Å². The lowest BCUT2D eigenvalue weighted by molar-refractivity contribution is 0.0786. The van der Waals surface area contributed by atoms with Crippen LogP contribution in [0.5, 0.6) is 0 Å². The number of rotatable bonds is 6. The second-order valence-electron chi connectivity index (χ2n) is 5.75. The lowest BCUT2D eigenvalue weighted by atomic mass is 9.98. The summed E-state index contributed by atoms with van der Waals surface area (Å²) in [5, 5.41) is 15.8. The van der Waals surface area contributed by atoms with E-state index in [0.717, 1.165) is 5.56 Å². The van der Waals surface area contributed by atoms with Crippen molar-refractivity contribution in [2.45, 2.75) is 19.4 Å². The monoisotopic (exact) mass is 327 g/mol. The summed E-state index contributed by atoms with van der Waals surface area (Å²) in [6.07, 6.45) is 2.94. The summed E-state index contributed by atoms with van der Waals surface area (Å²) < 4.78 is 0. The van der Waals surface area contributed by atoms with Crippen LogP contribution < -0.4 is 16.4 Å². The summed E-state index contributed by atoms with van der Waals surface area (Å²) in [6.45, 7) is 7.28. The van der Waals surface area contributed by atoms with Crippen LogP contribution in [-0.4, -0.2) is 27.5 Å². The number of nitrogen functional groups attached to an aromatic ring is 1. The molecule has 5 N–H and O–H groups in total. The van der Waals surface area contributed by atoms with E-state index in [1.807, 2.05) is 6.07 Å². The van der Waals surface area contributed by atoms with Crippen LogP contribution in [-0.2, 0) is 5.60 Å². The van der Waals surface area contributed by atoms with Gasteiger partial charge in [0.15, 0.2) is 0 Å². The van der Waals surface area contributed by atoms with E-state index in [1.165, 1.54) is 6.20 Å². The van der Waals surface area contributed by atoms with Gasteiger partial charge in [0.25, 0.3) is 5.91 Å². The van der Waals surface area contributed by atoms with Crippen LogP contribution >= 0.6 is 0 Å². The Labute approximate surface area is 140 Å². The van der Waals surface area contributed by atoms with Crippen LogP contribution in [0.1, 0.15) is 29.8 Å². The Balaban J connectivity index is 2.34. The number of aromatic nitrogens is 2. The Bertz CT molecular complexity index is 753. The second kappa shape index (κ2) is 7.10. The Morgan fingerprint density at radius 2 is 2.21 bits per heavy atom. The third-order valence-corrected chi connectivity index (χ3v) is 3.29. The van der Waals surface area contributed by atoms with E-state index in [1.54, 1.807) is 38.1 Å². The molecule has 2 aromatic rings. The Morgan fingerprint density at radius 3 is 2.88 bits per heavy atom. The van der Waals surface area contributed by atoms with Gasteiger partial charge in [0, 0.05) is 18.4 Å². The number of nitrogens with two attached hydrogens (primary N) is 1. The van der Waals surface area contributed by atoms with Crippen molar-refractivity contribution in [2.75, 3.05) is 17.6 Å². The molecule has 0 saturated heterocycles. The number of benzene rings is 1. The molecule has 1 amide bonds. The molecule has 0 unspecified atom stereocenters. The maximum atomic E-state index is 12.2. The number of nitrogens with one attached hydrogen (secondary N) is 2. The van der Waals surface area contributed by atoms with E-state index >= 15 is 0 Å². The maximum Gasteiger partial charge on any atom is 0.256 e. The zero-order valence-corrected chi connectivity index (χ0v) is 13.7. The van der Waals surface area contributed by atoms with Crippen molar-refractivity contribution in [1.29, 1.82) is 0 Å². The van der Waals surface area contributed by atoms with Crippen molar-refractivity contribution < 1.29 is 9.90 Å². The minimum atomic E-state index is -0.980. The van der Waals surface area contributed by atoms with Crippen molar-refractivity contribution in [1.82, 2.24) is 15.3 Å². The summed E-state index contributed by atoms with van der Waals surface area (Å²) in [7, 11) is 0. The Kier molecular flexibility index (Phi) is 5.15. The van der Waals surface area contributed by atoms with Crippen molar-refractivity contribution in [3.63, 3.8) is 0 Å². The van der Waals surface area contributed by atoms with E-state index < -0.39 is 5.60 Å². The van der Waals surface area contributed by atoms with Crippen molar-refractivity contribution >= 4 is 23.4 Å². The lowest BCUT2D eigenvalue weighted by Crippen LogP contribution is -2.25. The number of carbonyl (C=O) groups is 1. The highest BCUT2D eigenvalue weighted by atomic mass is 16.3. The van der Waals surface area contributed by atoms with E-state index in [4.69, 9.17) is 5.73 Å². The van der Waals surface area contributed by atoms with Gasteiger partial charge in [-0.15, -0.1) is 6.58 Å². The normalized spacial score (nSPS) is 11.0. The quantitative estimate of drug-likeness (QED) is 0.603. The van der Waals surface area contributed by atoms with Gasteiger partial charge in [-0.05, 0) is 31.5 Å². The highest BCUT2D eigenvalue weighted by Gasteiger charge is 2.17. The molecule has 0 radical (unpaired) electrons. The SMILES string of the molecule is C=CCNC(=O)c1cnc(N)nc1Nc1cccc(C(C)(C)O)c1. The molecule has 0 spiro atoms. The van der Waals surface area contributed by atoms with Gasteiger partial charge in [-0.2, -0.15) is 4.98 Å². The minimum Gasteiger partial charge on any atom is -0.386 e. The van der Waals surface area contributed by atoms with Gasteiger partial charge in [-0.3, -0.25) is 4.79 Å². The molecule has 2 rings (SSSR count). The number of anilines is 3. The lowest BCUT2D eigenvalue weighted by Gasteiger charge is -2.19. The largest absolute Gasteiger partial charge is 0.386 e. The van der Waals surface area contributed by atoms with Crippen LogP contribution in [0.15, 0.2) is 43.1 Å². The van der Waals surface area contributed by atoms with Gasteiger partial charge < -0.3 is 21.5 Å². The van der Waals surface area contributed by atoms with Gasteiger partial charge in [-0.25, -0.2) is 4.98 Å². The molecule has 0 fully saturated rings. The molecule has 0 aliphatic carbocycles. The first-order valence-corrected chi connectivity index (χ1v) is 7.43. The summed E-state index contributed by atoms with van der Waals surface area (Å²) in [5.41, 5.74) is 6.32. The number of aliphatic hydroxyl groups is 1. The summed E-state index contributed by atoms with van der Waals surface area (Å²) in [6, 6.07) is 7.21. The number of hydrogen-bond acceptors (Lipinski definition) is 6. The summed E-state index contributed by atoms with van der Waals surface area (Å²) >= 11 is 0. The maximum absolute atomic E-state index is 12.2. The molecule has 7 nitrogen and oxygen atoms in total. The molecule has 1 heterocycles. The first kappa shape index (κ1) is 17.4. The second-order valence-corrected chi connectivity index (χ2v) is 5.75. The predicted octanol–water partition coefficient (Wildman–Crippen LogP) is 1.95. The Hall–Kier alpha value is -2.93. The average Bonchev–Trinajstić information content (AvgIpc) is 2.52. The van der Waals surface area contributed by atoms with E-state index in [0.29, 0.717) is 12.2 Å². The van der Waals surface area contributed by atoms with Gasteiger partial charge >= 0.3 is 0 Å². The van der Waals surface area contributed by atoms with E-state index in [2.05, 4.69) is 27.2 Å². The van der Waals surface area contributed by atoms with Crippen LogP contribution in [0.2, 0.25) is 0 Å². The molecule has 7 heteroatoms. The molecular weight excluding hydrogens is 306 g/mol. The standard InChI is InChI=1S/C17H21N5O2/c1-4-8-19-15(23)13-10-20-16(18)22-14(13)21-12-7-5-6-11(9-12)17(2,3)24/h4-7,9-10,24H,1,8H2,2-3H3,(H,19,23)(H3,18,20,21,22). The van der Waals surface area contributed by atoms with Crippen LogP contribution in [0, 0.1) is 0 Å². The fourth-order valence-electron chi connectivity index (χ4n) is 2.03. The molecule has 126 valence electrons. The minimum absolute atomic E-state index is 0.0522. The highest BCUT2D eigenvalue weighted by molar-refractivity contribution is 5.99. The van der Waals surface area contributed by atoms with E-state index in [-0.39, 0.29) is 23.2 Å². The van der Waals surface area contributed by atoms with Crippen molar-refractivity contribution in [3.8, 4) is 0 Å². The van der Waals surface area contributed by atoms with Gasteiger partial charge in [0.1, 0.15) is 11.4 Å². The first-order chi connectivity index (χ1) is 11.3. The number of amides is 1. The molecule has 0 bridgehead atoms. The van der Waals surface area contributed by atoms with Gasteiger partial charge in [0.2, 0.25) is 5.95 Å². The average molecular weight is 327 g/mol. The molecule has 1 aromatic carbocycles. The molecule has 0 aliphatic rings. The predicted molar refractivity (Wildman–Crippen MR) is 93.9 cm³/mol. The third kappa shape index (κ3) is 4.30. The molecular formula is C17H21N5O2. The number of carbonyl (C=O) groups excluding carboxylic acids is 1. The summed E-state index contributed by atoms with van der Waals surface area (Å²) in [5.74, 6) is 0.00409. The summed E-state index contributed by atoms with van der Waals surface area (Å²) in [4.78, 5) is 20.2. The highest BCUT2D eigenvalue weighted by Crippen LogP contribution is 2.25. The number of nitrogens with zero attached hydrogens (tertiary/aromatic N) is 2.